The van der Waals surface area contributed by atoms with Crippen molar-refractivity contribution < 1.29 is 23.9 Å². The largest absolute Gasteiger partial charge is 0.486 e. The number of fused-ring (bicyclic) bond motifs is 2. The maximum absolute atomic E-state index is 12.8. The van der Waals surface area contributed by atoms with Gasteiger partial charge in [0, 0.05) is 30.8 Å². The number of hydrogen-bond acceptors (Lipinski definition) is 8. The Morgan fingerprint density at radius 2 is 1.88 bits per heavy atom. The molecule has 3 heterocycles. The molecule has 0 radical (unpaired) electrons. The van der Waals surface area contributed by atoms with Crippen LogP contribution >= 0.6 is 11.3 Å². The number of rotatable bonds is 5. The van der Waals surface area contributed by atoms with Crippen molar-refractivity contribution in [2.24, 2.45) is 5.92 Å². The van der Waals surface area contributed by atoms with Crippen molar-refractivity contribution in [1.82, 2.24) is 15.3 Å². The van der Waals surface area contributed by atoms with E-state index >= 15 is 0 Å². The van der Waals surface area contributed by atoms with E-state index in [9.17, 15) is 14.4 Å². The molecule has 2 amide bonds. The molecule has 0 unspecified atom stereocenters. The molecular weight excluding hydrogens is 444 g/mol. The summed E-state index contributed by atoms with van der Waals surface area (Å²) in [7, 11) is 0. The van der Waals surface area contributed by atoms with E-state index in [2.05, 4.69) is 20.6 Å². The van der Waals surface area contributed by atoms with Gasteiger partial charge >= 0.3 is 0 Å². The third-order valence-corrected chi connectivity index (χ3v) is 6.48. The normalized spacial score (nSPS) is 18.8. The first-order valence-electron chi connectivity index (χ1n) is 10.5. The molecule has 0 fully saturated rings. The van der Waals surface area contributed by atoms with Gasteiger partial charge in [-0.2, -0.15) is 0 Å². The number of pyridine rings is 1. The van der Waals surface area contributed by atoms with E-state index in [0.29, 0.717) is 45.8 Å². The average Bonchev–Trinajstić information content (AvgIpc) is 3.26. The number of amides is 2. The van der Waals surface area contributed by atoms with Crippen LogP contribution < -0.4 is 20.1 Å². The van der Waals surface area contributed by atoms with Crippen molar-refractivity contribution in [2.45, 2.75) is 18.9 Å². The summed E-state index contributed by atoms with van der Waals surface area (Å²) in [5.41, 5.74) is 0.978. The Balaban J connectivity index is 1.19. The van der Waals surface area contributed by atoms with Crippen LogP contribution in [0.5, 0.6) is 11.5 Å². The Kier molecular flexibility index (Phi) is 5.74. The lowest BCUT2D eigenvalue weighted by atomic mass is 9.89. The third kappa shape index (κ3) is 4.56. The first-order valence-corrected chi connectivity index (χ1v) is 11.3. The smallest absolute Gasteiger partial charge is 0.257 e. The Morgan fingerprint density at radius 1 is 1.09 bits per heavy atom. The lowest BCUT2D eigenvalue weighted by molar-refractivity contribution is -0.125. The molecule has 3 aromatic rings. The van der Waals surface area contributed by atoms with Gasteiger partial charge in [0.1, 0.15) is 12.7 Å². The molecule has 0 spiro atoms. The van der Waals surface area contributed by atoms with Crippen LogP contribution in [0.15, 0.2) is 48.8 Å². The van der Waals surface area contributed by atoms with E-state index in [1.807, 2.05) is 24.3 Å². The molecule has 0 saturated heterocycles. The van der Waals surface area contributed by atoms with Crippen LogP contribution in [0.25, 0.3) is 0 Å². The summed E-state index contributed by atoms with van der Waals surface area (Å²) in [6.07, 6.45) is 3.17. The standard InChI is InChI=1S/C23H20N4O5S/c28-17-10-14(21(29)25-11-15-12-31-18-3-1-2-4-19(18)32-15)9-16-20(17)33-23(26-16)27-22(30)13-5-7-24-8-6-13/h1-8,14-15H,9-12H2,(H,25,29)(H,26,27,30)/t14-,15+/m0/s1. The molecular formula is C23H20N4O5S. The molecule has 0 saturated carbocycles. The van der Waals surface area contributed by atoms with Gasteiger partial charge in [0.25, 0.3) is 5.91 Å². The molecule has 1 aromatic carbocycles. The molecule has 168 valence electrons. The molecule has 1 aliphatic carbocycles. The van der Waals surface area contributed by atoms with Gasteiger partial charge in [-0.15, -0.1) is 0 Å². The van der Waals surface area contributed by atoms with Gasteiger partial charge in [0.15, 0.2) is 22.4 Å². The predicted molar refractivity (Wildman–Crippen MR) is 120 cm³/mol. The van der Waals surface area contributed by atoms with Crippen molar-refractivity contribution in [2.75, 3.05) is 18.5 Å². The molecule has 10 heteroatoms. The number of thiazole rings is 1. The number of ketones is 1. The van der Waals surface area contributed by atoms with Crippen molar-refractivity contribution >= 4 is 34.1 Å². The zero-order chi connectivity index (χ0) is 22.8. The summed E-state index contributed by atoms with van der Waals surface area (Å²) in [6, 6.07) is 10.6. The van der Waals surface area contributed by atoms with Crippen molar-refractivity contribution in [3.63, 3.8) is 0 Å². The van der Waals surface area contributed by atoms with Crippen LogP contribution in [-0.2, 0) is 11.2 Å². The third-order valence-electron chi connectivity index (χ3n) is 5.43. The second kappa shape index (κ2) is 8.99. The van der Waals surface area contributed by atoms with Gasteiger partial charge in [-0.3, -0.25) is 24.7 Å². The fraction of sp³-hybridized carbons (Fsp3) is 0.261. The first kappa shape index (κ1) is 21.1. The number of Topliss-reactive ketones (excluding diaryl/α,β-unsaturated/α-hetero) is 1. The van der Waals surface area contributed by atoms with Crippen LogP contribution in [0.3, 0.4) is 0 Å². The summed E-state index contributed by atoms with van der Waals surface area (Å²) in [5.74, 6) is 0.0932. The number of carbonyl (C=O) groups excluding carboxylic acids is 3. The SMILES string of the molecule is O=C(Nc1nc2c(s1)C(=O)C[C@@H](C(=O)NC[C@@H]1COc3ccccc3O1)C2)c1ccncc1. The lowest BCUT2D eigenvalue weighted by Gasteiger charge is -2.27. The number of nitrogens with one attached hydrogen (secondary N) is 2. The van der Waals surface area contributed by atoms with E-state index in [4.69, 9.17) is 9.47 Å². The van der Waals surface area contributed by atoms with Gasteiger partial charge in [-0.1, -0.05) is 23.5 Å². The minimum atomic E-state index is -0.521. The Morgan fingerprint density at radius 3 is 2.70 bits per heavy atom. The van der Waals surface area contributed by atoms with Crippen LogP contribution in [0, 0.1) is 5.92 Å². The maximum Gasteiger partial charge on any atom is 0.257 e. The van der Waals surface area contributed by atoms with Crippen molar-refractivity contribution in [3.05, 3.63) is 64.9 Å². The van der Waals surface area contributed by atoms with Gasteiger partial charge in [-0.25, -0.2) is 4.98 Å². The number of benzene rings is 1. The van der Waals surface area contributed by atoms with Crippen LogP contribution in [-0.4, -0.2) is 46.8 Å². The Bertz CT molecular complexity index is 1210. The highest BCUT2D eigenvalue weighted by molar-refractivity contribution is 7.17. The zero-order valence-corrected chi connectivity index (χ0v) is 18.3. The monoisotopic (exact) mass is 464 g/mol. The van der Waals surface area contributed by atoms with Crippen molar-refractivity contribution in [1.29, 1.82) is 0 Å². The average molecular weight is 465 g/mol. The summed E-state index contributed by atoms with van der Waals surface area (Å²) >= 11 is 1.13. The molecule has 2 aromatic heterocycles. The van der Waals surface area contributed by atoms with Crippen LogP contribution in [0.1, 0.15) is 32.1 Å². The zero-order valence-electron chi connectivity index (χ0n) is 17.4. The summed E-state index contributed by atoms with van der Waals surface area (Å²) in [4.78, 5) is 46.5. The minimum absolute atomic E-state index is 0.101. The van der Waals surface area contributed by atoms with E-state index in [1.54, 1.807) is 12.1 Å². The van der Waals surface area contributed by atoms with Crippen molar-refractivity contribution in [3.8, 4) is 11.5 Å². The predicted octanol–water partition coefficient (Wildman–Crippen LogP) is 2.49. The van der Waals surface area contributed by atoms with Crippen LogP contribution in [0.4, 0.5) is 5.13 Å². The topological polar surface area (TPSA) is 120 Å². The fourth-order valence-corrected chi connectivity index (χ4v) is 4.70. The molecule has 2 N–H and O–H groups in total. The molecule has 2 atom stereocenters. The molecule has 9 nitrogen and oxygen atoms in total. The number of hydrogen-bond donors (Lipinski definition) is 2. The lowest BCUT2D eigenvalue weighted by Crippen LogP contribution is -2.44. The number of carbonyl (C=O) groups is 3. The molecule has 5 rings (SSSR count). The summed E-state index contributed by atoms with van der Waals surface area (Å²) in [5, 5.41) is 5.92. The van der Waals surface area contributed by atoms with E-state index in [1.165, 1.54) is 12.4 Å². The molecule has 2 aliphatic rings. The maximum atomic E-state index is 12.8. The Hall–Kier alpha value is -3.79. The highest BCUT2D eigenvalue weighted by Crippen LogP contribution is 2.33. The number of para-hydroxylation sites is 2. The van der Waals surface area contributed by atoms with E-state index in [-0.39, 0.29) is 36.7 Å². The number of anilines is 1. The van der Waals surface area contributed by atoms with Gasteiger partial charge < -0.3 is 14.8 Å². The van der Waals surface area contributed by atoms with E-state index < -0.39 is 5.92 Å². The van der Waals surface area contributed by atoms with Gasteiger partial charge in [-0.05, 0) is 24.3 Å². The van der Waals surface area contributed by atoms with Crippen LogP contribution in [0.2, 0.25) is 0 Å². The molecule has 0 bridgehead atoms. The molecule has 1 aliphatic heterocycles. The second-order valence-electron chi connectivity index (χ2n) is 7.76. The highest BCUT2D eigenvalue weighted by atomic mass is 32.1. The first-order chi connectivity index (χ1) is 16.1. The molecule has 33 heavy (non-hydrogen) atoms. The quantitative estimate of drug-likeness (QED) is 0.595. The second-order valence-corrected chi connectivity index (χ2v) is 8.76. The number of nitrogens with zero attached hydrogens (tertiary/aromatic N) is 2. The van der Waals surface area contributed by atoms with Gasteiger partial charge in [0.05, 0.1) is 23.0 Å². The Labute approximate surface area is 193 Å². The fourth-order valence-electron chi connectivity index (χ4n) is 3.76. The van der Waals surface area contributed by atoms with E-state index in [0.717, 1.165) is 11.3 Å². The number of aromatic nitrogens is 2. The van der Waals surface area contributed by atoms with Gasteiger partial charge in [0.2, 0.25) is 5.91 Å². The number of ether oxygens (including phenoxy) is 2. The highest BCUT2D eigenvalue weighted by Gasteiger charge is 2.33. The summed E-state index contributed by atoms with van der Waals surface area (Å²) < 4.78 is 11.5. The minimum Gasteiger partial charge on any atom is -0.486 e. The summed E-state index contributed by atoms with van der Waals surface area (Å²) in [6.45, 7) is 0.604.